The molecule has 1 amide bonds. The van der Waals surface area contributed by atoms with E-state index < -0.39 is 35.3 Å². The molecule has 0 aromatic heterocycles. The van der Waals surface area contributed by atoms with Gasteiger partial charge in [-0.2, -0.15) is 0 Å². The van der Waals surface area contributed by atoms with Crippen LogP contribution < -0.4 is 10.6 Å². The molecule has 0 bridgehead atoms. The van der Waals surface area contributed by atoms with Crippen LogP contribution in [0, 0.1) is 17.6 Å². The summed E-state index contributed by atoms with van der Waals surface area (Å²) in [5.41, 5.74) is -0.408. The molecule has 1 heterocycles. The molecule has 3 atom stereocenters. The standard InChI is InChI=1S/C22H24F2N2O5S/c23-16-6-7-18(19(24)9-16)22(26-20(32)25-21(28)29)13-31-17(8-15(22)10-27)12-30-11-14-4-2-1-3-5-14/h1-7,9,15,17,27H,8,10-13H2,(H,28,29)(H2,25,26,32)/t15-,17+,22-/m0/s1. The van der Waals surface area contributed by atoms with Crippen molar-refractivity contribution in [3.8, 4) is 0 Å². The second-order valence-corrected chi connectivity index (χ2v) is 7.94. The van der Waals surface area contributed by atoms with Gasteiger partial charge in [0.1, 0.15) is 11.6 Å². The Hall–Kier alpha value is -2.66. The van der Waals surface area contributed by atoms with E-state index >= 15 is 0 Å². The van der Waals surface area contributed by atoms with Crippen LogP contribution in [-0.4, -0.2) is 47.3 Å². The molecule has 1 fully saturated rings. The number of nitrogens with one attached hydrogen (secondary N) is 2. The van der Waals surface area contributed by atoms with Crippen LogP contribution in [0.15, 0.2) is 48.5 Å². The summed E-state index contributed by atoms with van der Waals surface area (Å²) >= 11 is 5.04. The van der Waals surface area contributed by atoms with Crippen molar-refractivity contribution in [3.63, 3.8) is 0 Å². The van der Waals surface area contributed by atoms with Crippen LogP contribution in [0.1, 0.15) is 17.5 Å². The Morgan fingerprint density at radius 2 is 2.00 bits per heavy atom. The van der Waals surface area contributed by atoms with Gasteiger partial charge < -0.3 is 25.0 Å². The minimum atomic E-state index is -1.41. The Morgan fingerprint density at radius 3 is 2.66 bits per heavy atom. The number of benzene rings is 2. The van der Waals surface area contributed by atoms with E-state index in [1.54, 1.807) is 0 Å². The van der Waals surface area contributed by atoms with Crippen molar-refractivity contribution in [3.05, 3.63) is 71.3 Å². The molecule has 10 heteroatoms. The number of aliphatic hydroxyl groups excluding tert-OH is 1. The fourth-order valence-electron chi connectivity index (χ4n) is 3.87. The normalized spacial score (nSPS) is 22.8. The second kappa shape index (κ2) is 10.8. The molecular formula is C22H24F2N2O5S. The van der Waals surface area contributed by atoms with Crippen LogP contribution in [0.3, 0.4) is 0 Å². The molecule has 3 rings (SSSR count). The molecule has 1 saturated heterocycles. The molecule has 0 radical (unpaired) electrons. The lowest BCUT2D eigenvalue weighted by molar-refractivity contribution is -0.111. The molecule has 4 N–H and O–H groups in total. The third kappa shape index (κ3) is 5.77. The first-order valence-electron chi connectivity index (χ1n) is 9.96. The van der Waals surface area contributed by atoms with Crippen LogP contribution in [-0.2, 0) is 21.6 Å². The Kier molecular flexibility index (Phi) is 8.08. The summed E-state index contributed by atoms with van der Waals surface area (Å²) in [5.74, 6) is -2.26. The van der Waals surface area contributed by atoms with Crippen LogP contribution in [0.2, 0.25) is 0 Å². The van der Waals surface area contributed by atoms with Gasteiger partial charge >= 0.3 is 6.09 Å². The number of thiocarbonyl (C=S) groups is 1. The Balaban J connectivity index is 1.78. The van der Waals surface area contributed by atoms with Gasteiger partial charge in [0.2, 0.25) is 0 Å². The number of amides is 1. The van der Waals surface area contributed by atoms with Gasteiger partial charge in [-0.1, -0.05) is 36.4 Å². The highest BCUT2D eigenvalue weighted by Crippen LogP contribution is 2.39. The summed E-state index contributed by atoms with van der Waals surface area (Å²) < 4.78 is 39.9. The maximum Gasteiger partial charge on any atom is 0.410 e. The first kappa shape index (κ1) is 24.0. The second-order valence-electron chi connectivity index (χ2n) is 7.53. The molecule has 172 valence electrons. The predicted octanol–water partition coefficient (Wildman–Crippen LogP) is 2.92. The van der Waals surface area contributed by atoms with Crippen LogP contribution >= 0.6 is 12.2 Å². The fourth-order valence-corrected chi connectivity index (χ4v) is 4.14. The molecule has 0 saturated carbocycles. The average molecular weight is 467 g/mol. The van der Waals surface area contributed by atoms with Gasteiger partial charge in [0.15, 0.2) is 5.11 Å². The van der Waals surface area contributed by atoms with E-state index in [2.05, 4.69) is 5.32 Å². The van der Waals surface area contributed by atoms with E-state index in [-0.39, 0.29) is 36.9 Å². The summed E-state index contributed by atoms with van der Waals surface area (Å²) in [6, 6.07) is 12.6. The Morgan fingerprint density at radius 1 is 1.25 bits per heavy atom. The first-order valence-corrected chi connectivity index (χ1v) is 10.4. The molecule has 2 aromatic carbocycles. The summed E-state index contributed by atoms with van der Waals surface area (Å²) in [4.78, 5) is 11.0. The Bertz CT molecular complexity index is 949. The van der Waals surface area contributed by atoms with Crippen molar-refractivity contribution in [2.45, 2.75) is 24.7 Å². The van der Waals surface area contributed by atoms with E-state index in [9.17, 15) is 18.7 Å². The van der Waals surface area contributed by atoms with E-state index in [0.717, 1.165) is 17.7 Å². The number of aliphatic hydroxyl groups is 1. The van der Waals surface area contributed by atoms with Crippen molar-refractivity contribution >= 4 is 23.4 Å². The quantitative estimate of drug-likeness (QED) is 0.466. The molecular weight excluding hydrogens is 442 g/mol. The average Bonchev–Trinajstić information content (AvgIpc) is 2.74. The number of ether oxygens (including phenoxy) is 2. The van der Waals surface area contributed by atoms with Crippen LogP contribution in [0.5, 0.6) is 0 Å². The van der Waals surface area contributed by atoms with E-state index in [0.29, 0.717) is 6.61 Å². The first-order chi connectivity index (χ1) is 15.3. The van der Waals surface area contributed by atoms with Crippen molar-refractivity contribution in [2.75, 3.05) is 19.8 Å². The lowest BCUT2D eigenvalue weighted by Crippen LogP contribution is -2.62. The third-order valence-electron chi connectivity index (χ3n) is 5.40. The molecule has 0 unspecified atom stereocenters. The number of carbonyl (C=O) groups is 1. The molecule has 2 aromatic rings. The predicted molar refractivity (Wildman–Crippen MR) is 116 cm³/mol. The highest BCUT2D eigenvalue weighted by atomic mass is 32.1. The van der Waals surface area contributed by atoms with E-state index in [4.69, 9.17) is 26.8 Å². The van der Waals surface area contributed by atoms with E-state index in [1.165, 1.54) is 6.07 Å². The van der Waals surface area contributed by atoms with Gasteiger partial charge in [-0.3, -0.25) is 5.32 Å². The summed E-state index contributed by atoms with van der Waals surface area (Å²) in [6.07, 6.45) is -1.53. The lowest BCUT2D eigenvalue weighted by Gasteiger charge is -2.47. The number of rotatable bonds is 7. The Labute approximate surface area is 189 Å². The minimum Gasteiger partial charge on any atom is -0.465 e. The fraction of sp³-hybridized carbons (Fsp3) is 0.364. The molecule has 7 nitrogen and oxygen atoms in total. The number of carboxylic acid groups (broad SMARTS) is 1. The van der Waals surface area contributed by atoms with Gasteiger partial charge in [0.05, 0.1) is 31.5 Å². The summed E-state index contributed by atoms with van der Waals surface area (Å²) in [7, 11) is 0. The third-order valence-corrected chi connectivity index (χ3v) is 5.60. The van der Waals surface area contributed by atoms with Gasteiger partial charge in [0, 0.05) is 24.2 Å². The van der Waals surface area contributed by atoms with Gasteiger partial charge in [0.25, 0.3) is 0 Å². The van der Waals surface area contributed by atoms with Crippen LogP contribution in [0.25, 0.3) is 0 Å². The molecule has 32 heavy (non-hydrogen) atoms. The monoisotopic (exact) mass is 466 g/mol. The number of hydrogen-bond acceptors (Lipinski definition) is 5. The van der Waals surface area contributed by atoms with Gasteiger partial charge in [-0.15, -0.1) is 0 Å². The molecule has 0 spiro atoms. The van der Waals surface area contributed by atoms with Gasteiger partial charge in [-0.25, -0.2) is 13.6 Å². The zero-order valence-corrected chi connectivity index (χ0v) is 17.9. The number of hydrogen-bond donors (Lipinski definition) is 4. The molecule has 0 aliphatic carbocycles. The largest absolute Gasteiger partial charge is 0.465 e. The van der Waals surface area contributed by atoms with Crippen molar-refractivity contribution in [2.24, 2.45) is 5.92 Å². The summed E-state index contributed by atoms with van der Waals surface area (Å²) in [6.45, 7) is 0.0952. The highest BCUT2D eigenvalue weighted by Gasteiger charge is 2.47. The lowest BCUT2D eigenvalue weighted by atomic mass is 9.74. The van der Waals surface area contributed by atoms with Gasteiger partial charge in [-0.05, 0) is 30.3 Å². The van der Waals surface area contributed by atoms with Crippen molar-refractivity contribution < 1.29 is 33.3 Å². The van der Waals surface area contributed by atoms with Crippen molar-refractivity contribution in [1.29, 1.82) is 0 Å². The molecule has 1 aliphatic heterocycles. The number of halogens is 2. The maximum absolute atomic E-state index is 14.8. The van der Waals surface area contributed by atoms with Crippen molar-refractivity contribution in [1.82, 2.24) is 10.6 Å². The SMILES string of the molecule is O=C(O)NC(=S)N[C@@]1(c2ccc(F)cc2F)CO[C@@H](COCc2ccccc2)C[C@H]1CO. The van der Waals surface area contributed by atoms with Crippen LogP contribution in [0.4, 0.5) is 13.6 Å². The summed E-state index contributed by atoms with van der Waals surface area (Å²) in [5, 5.41) is 23.6. The molecule has 1 aliphatic rings. The zero-order chi connectivity index (χ0) is 23.1. The highest BCUT2D eigenvalue weighted by molar-refractivity contribution is 7.80. The topological polar surface area (TPSA) is 100 Å². The zero-order valence-electron chi connectivity index (χ0n) is 17.1. The minimum absolute atomic E-state index is 0.0103. The maximum atomic E-state index is 14.8. The van der Waals surface area contributed by atoms with E-state index in [1.807, 2.05) is 35.6 Å². The smallest absolute Gasteiger partial charge is 0.410 e.